The van der Waals surface area contributed by atoms with Crippen LogP contribution in [0.3, 0.4) is 0 Å². The summed E-state index contributed by atoms with van der Waals surface area (Å²) in [6.45, 7) is 3.80. The van der Waals surface area contributed by atoms with Gasteiger partial charge in [-0.15, -0.1) is 0 Å². The lowest BCUT2D eigenvalue weighted by Crippen LogP contribution is -2.22. The first-order valence-electron chi connectivity index (χ1n) is 6.45. The number of unbranched alkanes of at least 4 members (excludes halogenated alkanes) is 1. The topological polar surface area (TPSA) is 47.6 Å². The normalized spacial score (nSPS) is 13.2. The fraction of sp³-hybridized carbons (Fsp3) is 0.500. The number of rotatable bonds is 5. The fourth-order valence-corrected chi connectivity index (χ4v) is 1.82. The molecule has 1 N–H and O–H groups in total. The molecule has 0 aromatic heterocycles. The van der Waals surface area contributed by atoms with Crippen molar-refractivity contribution in [2.45, 2.75) is 32.7 Å². The van der Waals surface area contributed by atoms with E-state index in [1.165, 1.54) is 0 Å². The summed E-state index contributed by atoms with van der Waals surface area (Å²) in [4.78, 5) is 11.5. The number of hydrogen-bond acceptors (Lipinski definition) is 3. The van der Waals surface area contributed by atoms with E-state index in [2.05, 4.69) is 12.2 Å². The predicted molar refractivity (Wildman–Crippen MR) is 68.8 cm³/mol. The van der Waals surface area contributed by atoms with E-state index >= 15 is 0 Å². The molecule has 1 heterocycles. The lowest BCUT2D eigenvalue weighted by atomic mass is 10.2. The largest absolute Gasteiger partial charge is 0.486 e. The minimum absolute atomic E-state index is 0.103. The van der Waals surface area contributed by atoms with Crippen molar-refractivity contribution in [2.24, 2.45) is 0 Å². The predicted octanol–water partition coefficient (Wildman–Crippen LogP) is 2.26. The third kappa shape index (κ3) is 3.39. The molecule has 0 spiro atoms. The zero-order chi connectivity index (χ0) is 12.8. The van der Waals surface area contributed by atoms with Crippen LogP contribution < -0.4 is 14.8 Å². The number of carbonyl (C=O) groups excluding carboxylic acids is 1. The van der Waals surface area contributed by atoms with E-state index in [-0.39, 0.29) is 5.91 Å². The molecule has 0 aliphatic carbocycles. The molecule has 18 heavy (non-hydrogen) atoms. The first kappa shape index (κ1) is 12.7. The van der Waals surface area contributed by atoms with E-state index in [0.717, 1.165) is 29.9 Å². The van der Waals surface area contributed by atoms with Crippen molar-refractivity contribution in [2.75, 3.05) is 13.2 Å². The molecular formula is C14H19NO3. The molecule has 4 heteroatoms. The molecule has 0 saturated carbocycles. The molecule has 1 aromatic rings. The van der Waals surface area contributed by atoms with E-state index < -0.39 is 0 Å². The van der Waals surface area contributed by atoms with E-state index in [1.807, 2.05) is 18.2 Å². The van der Waals surface area contributed by atoms with Gasteiger partial charge in [0.15, 0.2) is 11.5 Å². The molecule has 1 aliphatic heterocycles. The van der Waals surface area contributed by atoms with Gasteiger partial charge in [-0.3, -0.25) is 4.79 Å². The Balaban J connectivity index is 1.88. The van der Waals surface area contributed by atoms with E-state index in [9.17, 15) is 4.79 Å². The number of hydrogen-bond donors (Lipinski definition) is 1. The molecule has 0 saturated heterocycles. The second kappa shape index (κ2) is 6.28. The maximum atomic E-state index is 11.5. The Morgan fingerprint density at radius 1 is 1.28 bits per heavy atom. The molecule has 2 rings (SSSR count). The molecular weight excluding hydrogens is 230 g/mol. The molecule has 0 radical (unpaired) electrons. The fourth-order valence-electron chi connectivity index (χ4n) is 1.82. The highest BCUT2D eigenvalue weighted by Crippen LogP contribution is 2.30. The third-order valence-corrected chi connectivity index (χ3v) is 2.85. The summed E-state index contributed by atoms with van der Waals surface area (Å²) in [5.74, 6) is 1.65. The van der Waals surface area contributed by atoms with Crippen LogP contribution in [0.5, 0.6) is 11.5 Å². The lowest BCUT2D eigenvalue weighted by molar-refractivity contribution is -0.121. The number of benzene rings is 1. The van der Waals surface area contributed by atoms with E-state index in [4.69, 9.17) is 9.47 Å². The van der Waals surface area contributed by atoms with Gasteiger partial charge in [0.25, 0.3) is 0 Å². The van der Waals surface area contributed by atoms with Crippen molar-refractivity contribution in [1.29, 1.82) is 0 Å². The Bertz CT molecular complexity index is 418. The molecule has 0 unspecified atom stereocenters. The summed E-state index contributed by atoms with van der Waals surface area (Å²) in [5, 5.41) is 2.91. The lowest BCUT2D eigenvalue weighted by Gasteiger charge is -2.18. The van der Waals surface area contributed by atoms with Gasteiger partial charge in [0.1, 0.15) is 13.2 Å². The maximum Gasteiger partial charge on any atom is 0.220 e. The zero-order valence-corrected chi connectivity index (χ0v) is 10.7. The van der Waals surface area contributed by atoms with Crippen LogP contribution in [0.4, 0.5) is 0 Å². The minimum Gasteiger partial charge on any atom is -0.486 e. The molecule has 4 nitrogen and oxygen atoms in total. The van der Waals surface area contributed by atoms with Crippen LogP contribution in [-0.4, -0.2) is 19.1 Å². The molecule has 0 bridgehead atoms. The van der Waals surface area contributed by atoms with Crippen LogP contribution in [0, 0.1) is 0 Å². The van der Waals surface area contributed by atoms with Gasteiger partial charge in [-0.05, 0) is 24.1 Å². The summed E-state index contributed by atoms with van der Waals surface area (Å²) in [5.41, 5.74) is 1.03. The molecule has 98 valence electrons. The van der Waals surface area contributed by atoms with Crippen LogP contribution >= 0.6 is 0 Å². The average Bonchev–Trinajstić information content (AvgIpc) is 2.42. The van der Waals surface area contributed by atoms with Gasteiger partial charge < -0.3 is 14.8 Å². The molecule has 1 amide bonds. The zero-order valence-electron chi connectivity index (χ0n) is 10.7. The van der Waals surface area contributed by atoms with Gasteiger partial charge in [-0.2, -0.15) is 0 Å². The van der Waals surface area contributed by atoms with Gasteiger partial charge in [-0.1, -0.05) is 19.4 Å². The second-order valence-electron chi connectivity index (χ2n) is 4.36. The average molecular weight is 249 g/mol. The highest BCUT2D eigenvalue weighted by Gasteiger charge is 2.11. The molecule has 0 atom stereocenters. The van der Waals surface area contributed by atoms with Crippen LogP contribution in [0.15, 0.2) is 18.2 Å². The number of carbonyl (C=O) groups is 1. The Morgan fingerprint density at radius 3 is 2.83 bits per heavy atom. The minimum atomic E-state index is 0.103. The second-order valence-corrected chi connectivity index (χ2v) is 4.36. The summed E-state index contributed by atoms with van der Waals surface area (Å²) < 4.78 is 10.9. The van der Waals surface area contributed by atoms with Gasteiger partial charge >= 0.3 is 0 Å². The van der Waals surface area contributed by atoms with Gasteiger partial charge in [0.2, 0.25) is 5.91 Å². The van der Waals surface area contributed by atoms with Crippen molar-refractivity contribution < 1.29 is 14.3 Å². The van der Waals surface area contributed by atoms with Crippen molar-refractivity contribution in [3.8, 4) is 11.5 Å². The van der Waals surface area contributed by atoms with Crippen LogP contribution in [0.2, 0.25) is 0 Å². The smallest absolute Gasteiger partial charge is 0.220 e. The van der Waals surface area contributed by atoms with Gasteiger partial charge in [0.05, 0.1) is 0 Å². The SMILES string of the molecule is CCCCC(=O)NCc1ccc2c(c1)OCCO2. The quantitative estimate of drug-likeness (QED) is 0.870. The number of fused-ring (bicyclic) bond motifs is 1. The summed E-state index contributed by atoms with van der Waals surface area (Å²) >= 11 is 0. The number of nitrogens with one attached hydrogen (secondary N) is 1. The monoisotopic (exact) mass is 249 g/mol. The first-order valence-corrected chi connectivity index (χ1v) is 6.45. The Hall–Kier alpha value is -1.71. The van der Waals surface area contributed by atoms with Gasteiger partial charge in [0, 0.05) is 13.0 Å². The summed E-state index contributed by atoms with van der Waals surface area (Å²) in [6.07, 6.45) is 2.57. The first-order chi connectivity index (χ1) is 8.79. The highest BCUT2D eigenvalue weighted by molar-refractivity contribution is 5.75. The van der Waals surface area contributed by atoms with Crippen molar-refractivity contribution >= 4 is 5.91 Å². The standard InChI is InChI=1S/C14H19NO3/c1-2-3-4-14(16)15-10-11-5-6-12-13(9-11)18-8-7-17-12/h5-6,9H,2-4,7-8,10H2,1H3,(H,15,16). The molecule has 1 aromatic carbocycles. The number of amides is 1. The van der Waals surface area contributed by atoms with E-state index in [1.54, 1.807) is 0 Å². The van der Waals surface area contributed by atoms with Crippen LogP contribution in [0.1, 0.15) is 31.7 Å². The van der Waals surface area contributed by atoms with Crippen LogP contribution in [0.25, 0.3) is 0 Å². The highest BCUT2D eigenvalue weighted by atomic mass is 16.6. The summed E-state index contributed by atoms with van der Waals surface area (Å²) in [6, 6.07) is 5.77. The Morgan fingerprint density at radius 2 is 2.06 bits per heavy atom. The third-order valence-electron chi connectivity index (χ3n) is 2.85. The molecule has 1 aliphatic rings. The van der Waals surface area contributed by atoms with E-state index in [0.29, 0.717) is 26.2 Å². The number of ether oxygens (including phenoxy) is 2. The van der Waals surface area contributed by atoms with Gasteiger partial charge in [-0.25, -0.2) is 0 Å². The Kier molecular flexibility index (Phi) is 4.45. The summed E-state index contributed by atoms with van der Waals surface area (Å²) in [7, 11) is 0. The van der Waals surface area contributed by atoms with Crippen molar-refractivity contribution in [3.05, 3.63) is 23.8 Å². The van der Waals surface area contributed by atoms with Crippen molar-refractivity contribution in [3.63, 3.8) is 0 Å². The Labute approximate surface area is 107 Å². The molecule has 0 fully saturated rings. The maximum absolute atomic E-state index is 11.5. The van der Waals surface area contributed by atoms with Crippen molar-refractivity contribution in [1.82, 2.24) is 5.32 Å². The van der Waals surface area contributed by atoms with Crippen LogP contribution in [-0.2, 0) is 11.3 Å².